The van der Waals surface area contributed by atoms with E-state index in [9.17, 15) is 8.42 Å². The second kappa shape index (κ2) is 6.18. The molecule has 0 aliphatic heterocycles. The largest absolute Gasteiger partial charge is 0.279 e. The van der Waals surface area contributed by atoms with Crippen LogP contribution in [0, 0.1) is 0 Å². The summed E-state index contributed by atoms with van der Waals surface area (Å²) in [7, 11) is -3.51. The third-order valence-electron chi connectivity index (χ3n) is 3.71. The minimum absolute atomic E-state index is 0.446. The van der Waals surface area contributed by atoms with Crippen molar-refractivity contribution in [3.63, 3.8) is 0 Å². The highest BCUT2D eigenvalue weighted by Gasteiger charge is 2.22. The van der Waals surface area contributed by atoms with Gasteiger partial charge in [0.25, 0.3) is 10.0 Å². The number of aryl methyl sites for hydroxylation is 1. The van der Waals surface area contributed by atoms with E-state index >= 15 is 0 Å². The quantitative estimate of drug-likeness (QED) is 0.857. The van der Waals surface area contributed by atoms with Crippen molar-refractivity contribution < 1.29 is 8.42 Å². The van der Waals surface area contributed by atoms with Gasteiger partial charge in [0.2, 0.25) is 0 Å². The Hall–Kier alpha value is -1.72. The minimum atomic E-state index is -3.51. The summed E-state index contributed by atoms with van der Waals surface area (Å²) in [6, 6.07) is 15.4. The fraction of sp³-hybridized carbons (Fsp3) is 0.176. The van der Waals surface area contributed by atoms with Gasteiger partial charge in [-0.15, -0.1) is 11.8 Å². The Morgan fingerprint density at radius 2 is 1.73 bits per heavy atom. The zero-order chi connectivity index (χ0) is 15.6. The average molecular weight is 331 g/mol. The molecule has 1 N–H and O–H groups in total. The van der Waals surface area contributed by atoms with Gasteiger partial charge in [0.1, 0.15) is 0 Å². The maximum absolute atomic E-state index is 12.6. The Morgan fingerprint density at radius 1 is 1.00 bits per heavy atom. The van der Waals surface area contributed by atoms with Crippen LogP contribution >= 0.6 is 11.8 Å². The van der Waals surface area contributed by atoms with Crippen molar-refractivity contribution in [2.24, 2.45) is 0 Å². The Kier molecular flexibility index (Phi) is 4.27. The Morgan fingerprint density at radius 3 is 2.55 bits per heavy atom. The van der Waals surface area contributed by atoms with Gasteiger partial charge in [-0.2, -0.15) is 0 Å². The third-order valence-corrected chi connectivity index (χ3v) is 6.01. The van der Waals surface area contributed by atoms with E-state index < -0.39 is 10.0 Å². The number of benzene rings is 2. The summed E-state index contributed by atoms with van der Waals surface area (Å²) < 4.78 is 28.0. The molecule has 0 fully saturated rings. The Balaban J connectivity index is 1.93. The number of nitrogens with one attached hydrogen (secondary N) is 1. The van der Waals surface area contributed by atoms with Gasteiger partial charge in [-0.25, -0.2) is 8.42 Å². The number of anilines is 1. The number of hydrogen-bond acceptors (Lipinski definition) is 3. The number of sulfonamides is 1. The lowest BCUT2D eigenvalue weighted by Gasteiger charge is -2.18. The lowest BCUT2D eigenvalue weighted by Crippen LogP contribution is -2.17. The van der Waals surface area contributed by atoms with Crippen molar-refractivity contribution in [1.29, 1.82) is 0 Å². The highest BCUT2D eigenvalue weighted by molar-refractivity contribution is 7.99. The van der Waals surface area contributed by atoms with Gasteiger partial charge in [-0.05, 0) is 48.4 Å². The smallest absolute Gasteiger partial charge is 0.258 e. The minimum Gasteiger partial charge on any atom is -0.279 e. The summed E-state index contributed by atoms with van der Waals surface area (Å²) in [5.74, 6) is 0. The van der Waals surface area contributed by atoms with Crippen molar-refractivity contribution in [2.75, 3.05) is 11.0 Å². The topological polar surface area (TPSA) is 46.2 Å². The molecule has 0 spiro atoms. The third kappa shape index (κ3) is 3.05. The van der Waals surface area contributed by atoms with E-state index in [2.05, 4.69) is 4.72 Å². The first kappa shape index (κ1) is 15.2. The van der Waals surface area contributed by atoms with E-state index in [1.54, 1.807) is 12.1 Å². The zero-order valence-electron chi connectivity index (χ0n) is 12.2. The van der Waals surface area contributed by atoms with Crippen molar-refractivity contribution in [2.45, 2.75) is 17.7 Å². The first-order valence-electron chi connectivity index (χ1n) is 7.04. The van der Waals surface area contributed by atoms with E-state index in [1.165, 1.54) is 17.3 Å². The van der Waals surface area contributed by atoms with Crippen molar-refractivity contribution in [3.05, 3.63) is 64.6 Å². The van der Waals surface area contributed by atoms with E-state index in [-0.39, 0.29) is 0 Å². The van der Waals surface area contributed by atoms with Gasteiger partial charge < -0.3 is 0 Å². The molecule has 22 heavy (non-hydrogen) atoms. The normalized spacial score (nSPS) is 14.1. The van der Waals surface area contributed by atoms with Crippen LogP contribution in [-0.4, -0.2) is 14.7 Å². The van der Waals surface area contributed by atoms with Gasteiger partial charge in [-0.1, -0.05) is 36.4 Å². The molecular weight excluding hydrogens is 314 g/mol. The molecule has 0 saturated carbocycles. The second-order valence-electron chi connectivity index (χ2n) is 5.12. The summed E-state index contributed by atoms with van der Waals surface area (Å²) in [4.78, 5) is 1.37. The molecule has 0 saturated heterocycles. The summed E-state index contributed by atoms with van der Waals surface area (Å²) >= 11 is 1.52. The molecule has 0 aromatic heterocycles. The fourth-order valence-electron chi connectivity index (χ4n) is 2.56. The van der Waals surface area contributed by atoms with Gasteiger partial charge in [-0.3, -0.25) is 4.72 Å². The molecule has 3 nitrogen and oxygen atoms in total. The first-order chi connectivity index (χ1) is 10.6. The predicted molar refractivity (Wildman–Crippen MR) is 93.5 cm³/mol. The summed E-state index contributed by atoms with van der Waals surface area (Å²) in [6.07, 6.45) is 5.01. The van der Waals surface area contributed by atoms with Gasteiger partial charge in [0.05, 0.1) is 10.6 Å². The molecular formula is C17H17NO2S2. The Bertz CT molecular complexity index is 826. The van der Waals surface area contributed by atoms with Crippen LogP contribution in [0.25, 0.3) is 6.08 Å². The molecule has 0 amide bonds. The first-order valence-corrected chi connectivity index (χ1v) is 9.75. The molecule has 3 rings (SSSR count). The fourth-order valence-corrected chi connectivity index (χ4v) is 4.43. The highest BCUT2D eigenvalue weighted by atomic mass is 32.2. The maximum Gasteiger partial charge on any atom is 0.258 e. The zero-order valence-corrected chi connectivity index (χ0v) is 13.9. The van der Waals surface area contributed by atoms with Gasteiger partial charge >= 0.3 is 0 Å². The molecule has 0 radical (unpaired) electrons. The molecule has 0 bridgehead atoms. The number of allylic oxidation sites excluding steroid dienone is 1. The van der Waals surface area contributed by atoms with Crippen LogP contribution in [-0.2, 0) is 16.4 Å². The number of thioether (sulfide) groups is 1. The molecule has 0 atom stereocenters. The molecule has 2 aromatic carbocycles. The maximum atomic E-state index is 12.6. The van der Waals surface area contributed by atoms with E-state index in [0.29, 0.717) is 17.0 Å². The summed E-state index contributed by atoms with van der Waals surface area (Å²) in [6.45, 7) is 0. The number of hydrogen-bond donors (Lipinski definition) is 1. The predicted octanol–water partition coefficient (Wildman–Crippen LogP) is 4.14. The molecule has 5 heteroatoms. The van der Waals surface area contributed by atoms with Crippen LogP contribution in [0.2, 0.25) is 0 Å². The van der Waals surface area contributed by atoms with Crippen molar-refractivity contribution >= 4 is 33.5 Å². The number of para-hydroxylation sites is 1. The van der Waals surface area contributed by atoms with E-state index in [1.807, 2.05) is 48.7 Å². The second-order valence-corrected chi connectivity index (χ2v) is 7.70. The molecule has 114 valence electrons. The number of fused-ring (bicyclic) bond motifs is 1. The SMILES string of the molecule is CSc1ccccc1NS(=O)(=O)C1=Cc2ccccc2CC1. The van der Waals surface area contributed by atoms with E-state index in [4.69, 9.17) is 0 Å². The van der Waals surface area contributed by atoms with Crippen LogP contribution in [0.5, 0.6) is 0 Å². The van der Waals surface area contributed by atoms with Gasteiger partial charge in [0.15, 0.2) is 0 Å². The van der Waals surface area contributed by atoms with Gasteiger partial charge in [0, 0.05) is 4.90 Å². The van der Waals surface area contributed by atoms with Crippen LogP contribution in [0.3, 0.4) is 0 Å². The molecule has 0 unspecified atom stereocenters. The standard InChI is InChI=1S/C17H17NO2S2/c1-21-17-9-5-4-8-16(17)18-22(19,20)15-11-10-13-6-2-3-7-14(13)12-15/h2-9,12,18H,10-11H2,1H3. The molecule has 1 aliphatic carbocycles. The molecule has 0 heterocycles. The average Bonchev–Trinajstić information content (AvgIpc) is 2.54. The lowest BCUT2D eigenvalue weighted by atomic mass is 9.98. The molecule has 1 aliphatic rings. The van der Waals surface area contributed by atoms with Crippen LogP contribution in [0.4, 0.5) is 5.69 Å². The van der Waals surface area contributed by atoms with Crippen LogP contribution in [0.1, 0.15) is 17.5 Å². The van der Waals surface area contributed by atoms with Crippen LogP contribution < -0.4 is 4.72 Å². The lowest BCUT2D eigenvalue weighted by molar-refractivity contribution is 0.605. The van der Waals surface area contributed by atoms with Crippen molar-refractivity contribution in [3.8, 4) is 0 Å². The summed E-state index contributed by atoms with van der Waals surface area (Å²) in [5, 5.41) is 0. The highest BCUT2D eigenvalue weighted by Crippen LogP contribution is 2.30. The van der Waals surface area contributed by atoms with E-state index in [0.717, 1.165) is 16.9 Å². The number of rotatable bonds is 4. The summed E-state index contributed by atoms with van der Waals surface area (Å²) in [5.41, 5.74) is 2.83. The molecule has 2 aromatic rings. The van der Waals surface area contributed by atoms with Crippen LogP contribution in [0.15, 0.2) is 58.3 Å². The Labute approximate surface area is 135 Å². The van der Waals surface area contributed by atoms with Crippen molar-refractivity contribution in [1.82, 2.24) is 0 Å². The monoisotopic (exact) mass is 331 g/mol.